The molecule has 27 heavy (non-hydrogen) atoms. The van der Waals surface area contributed by atoms with Gasteiger partial charge in [0.2, 0.25) is 0 Å². The van der Waals surface area contributed by atoms with E-state index in [0.29, 0.717) is 17.1 Å². The van der Waals surface area contributed by atoms with Gasteiger partial charge in [-0.3, -0.25) is 25.8 Å². The molecule has 0 saturated heterocycles. The van der Waals surface area contributed by atoms with Gasteiger partial charge in [-0.15, -0.1) is 0 Å². The Kier molecular flexibility index (Phi) is 7.13. The lowest BCUT2D eigenvalue weighted by Gasteiger charge is -2.14. The quantitative estimate of drug-likeness (QED) is 0.537. The highest BCUT2D eigenvalue weighted by Crippen LogP contribution is 2.22. The van der Waals surface area contributed by atoms with Gasteiger partial charge in [-0.2, -0.15) is 0 Å². The highest BCUT2D eigenvalue weighted by atomic mass is 32.1. The number of thiocarbonyl (C=S) groups is 1. The summed E-state index contributed by atoms with van der Waals surface area (Å²) in [5.74, 6) is 0.195. The summed E-state index contributed by atoms with van der Waals surface area (Å²) in [7, 11) is 1.47. The normalized spacial score (nSPS) is 9.89. The second kappa shape index (κ2) is 9.54. The van der Waals surface area contributed by atoms with E-state index in [0.717, 1.165) is 11.1 Å². The summed E-state index contributed by atoms with van der Waals surface area (Å²) < 4.78 is 10.7. The summed E-state index contributed by atoms with van der Waals surface area (Å²) in [4.78, 5) is 24.1. The summed E-state index contributed by atoms with van der Waals surface area (Å²) in [5.41, 5.74) is 7.05. The molecule has 3 N–H and O–H groups in total. The average molecular weight is 387 g/mol. The summed E-state index contributed by atoms with van der Waals surface area (Å²) in [6, 6.07) is 12.5. The number of amides is 2. The van der Waals surface area contributed by atoms with Crippen LogP contribution < -0.4 is 25.6 Å². The molecule has 0 saturated carbocycles. The van der Waals surface area contributed by atoms with Crippen LogP contribution in [0.1, 0.15) is 21.5 Å². The number of rotatable bonds is 5. The smallest absolute Gasteiger partial charge is 0.276 e. The van der Waals surface area contributed by atoms with Crippen LogP contribution in [0.3, 0.4) is 0 Å². The molecular formula is C19H21N3O4S. The molecular weight excluding hydrogens is 366 g/mol. The first-order valence-electron chi connectivity index (χ1n) is 8.14. The van der Waals surface area contributed by atoms with Gasteiger partial charge in [0.25, 0.3) is 11.8 Å². The van der Waals surface area contributed by atoms with Crippen molar-refractivity contribution in [2.45, 2.75) is 13.8 Å². The van der Waals surface area contributed by atoms with E-state index in [1.54, 1.807) is 24.3 Å². The van der Waals surface area contributed by atoms with Gasteiger partial charge >= 0.3 is 0 Å². The molecule has 0 unspecified atom stereocenters. The van der Waals surface area contributed by atoms with Gasteiger partial charge in [-0.1, -0.05) is 30.3 Å². The van der Waals surface area contributed by atoms with Crippen molar-refractivity contribution < 1.29 is 19.1 Å². The molecule has 142 valence electrons. The highest BCUT2D eigenvalue weighted by Gasteiger charge is 2.13. The third-order valence-electron chi connectivity index (χ3n) is 3.65. The topological polar surface area (TPSA) is 88.7 Å². The summed E-state index contributed by atoms with van der Waals surface area (Å²) in [6.45, 7) is 3.61. The van der Waals surface area contributed by atoms with Gasteiger partial charge < -0.3 is 9.47 Å². The van der Waals surface area contributed by atoms with E-state index in [2.05, 4.69) is 16.2 Å². The Morgan fingerprint density at radius 1 is 1.00 bits per heavy atom. The average Bonchev–Trinajstić information content (AvgIpc) is 2.65. The molecule has 0 radical (unpaired) electrons. The van der Waals surface area contributed by atoms with Crippen molar-refractivity contribution in [3.63, 3.8) is 0 Å². The summed E-state index contributed by atoms with van der Waals surface area (Å²) >= 11 is 5.01. The van der Waals surface area contributed by atoms with Crippen molar-refractivity contribution in [3.05, 3.63) is 59.2 Å². The number of aryl methyl sites for hydroxylation is 2. The Bertz CT molecular complexity index is 834. The number of hydrogen-bond acceptors (Lipinski definition) is 5. The van der Waals surface area contributed by atoms with Gasteiger partial charge in [0, 0.05) is 0 Å². The van der Waals surface area contributed by atoms with E-state index in [4.69, 9.17) is 21.7 Å². The molecule has 2 rings (SSSR count). The standard InChI is InChI=1S/C19H21N3O4S/c1-12-7-6-8-13(2)17(12)26-11-16(23)21-22-19(27)20-18(24)14-9-4-5-10-15(14)25-3/h4-10H,11H2,1-3H3,(H,21,23)(H2,20,22,24,27). The number of hydrazine groups is 1. The molecule has 0 aromatic heterocycles. The summed E-state index contributed by atoms with van der Waals surface area (Å²) in [5, 5.41) is 2.41. The predicted octanol–water partition coefficient (Wildman–Crippen LogP) is 2.03. The van der Waals surface area contributed by atoms with Gasteiger partial charge in [0.1, 0.15) is 11.5 Å². The third-order valence-corrected chi connectivity index (χ3v) is 3.85. The molecule has 2 aromatic rings. The van der Waals surface area contributed by atoms with Crippen LogP contribution in [0.4, 0.5) is 0 Å². The number of ether oxygens (including phenoxy) is 2. The van der Waals surface area contributed by atoms with Gasteiger partial charge in [0.15, 0.2) is 11.7 Å². The molecule has 2 aromatic carbocycles. The lowest BCUT2D eigenvalue weighted by Crippen LogP contribution is -2.49. The van der Waals surface area contributed by atoms with E-state index in [1.807, 2.05) is 32.0 Å². The van der Waals surface area contributed by atoms with Crippen LogP contribution in [-0.2, 0) is 4.79 Å². The number of nitrogens with one attached hydrogen (secondary N) is 3. The molecule has 0 atom stereocenters. The monoisotopic (exact) mass is 387 g/mol. The van der Waals surface area contributed by atoms with Crippen molar-refractivity contribution in [1.29, 1.82) is 0 Å². The van der Waals surface area contributed by atoms with Gasteiger partial charge in [-0.05, 0) is 49.3 Å². The molecule has 0 fully saturated rings. The van der Waals surface area contributed by atoms with E-state index in [9.17, 15) is 9.59 Å². The maximum absolute atomic E-state index is 12.2. The zero-order valence-corrected chi connectivity index (χ0v) is 16.1. The number of para-hydroxylation sites is 2. The predicted molar refractivity (Wildman–Crippen MR) is 106 cm³/mol. The second-order valence-corrected chi connectivity index (χ2v) is 6.07. The Balaban J connectivity index is 1.81. The zero-order chi connectivity index (χ0) is 19.8. The molecule has 8 heteroatoms. The minimum absolute atomic E-state index is 0.0497. The fourth-order valence-electron chi connectivity index (χ4n) is 2.36. The van der Waals surface area contributed by atoms with Gasteiger partial charge in [0.05, 0.1) is 12.7 Å². The molecule has 0 aliphatic heterocycles. The molecule has 7 nitrogen and oxygen atoms in total. The molecule has 0 aliphatic carbocycles. The van der Waals surface area contributed by atoms with Crippen molar-refractivity contribution in [3.8, 4) is 11.5 Å². The zero-order valence-electron chi connectivity index (χ0n) is 15.3. The van der Waals surface area contributed by atoms with Crippen LogP contribution in [0.5, 0.6) is 11.5 Å². The molecule has 0 spiro atoms. The lowest BCUT2D eigenvalue weighted by atomic mass is 10.1. The number of hydrogen-bond donors (Lipinski definition) is 3. The minimum Gasteiger partial charge on any atom is -0.496 e. The van der Waals surface area contributed by atoms with Crippen molar-refractivity contribution in [1.82, 2.24) is 16.2 Å². The SMILES string of the molecule is COc1ccccc1C(=O)NC(=S)NNC(=O)COc1c(C)cccc1C. The van der Waals surface area contributed by atoms with Crippen LogP contribution in [-0.4, -0.2) is 30.6 Å². The van der Waals surface area contributed by atoms with Crippen LogP contribution >= 0.6 is 12.2 Å². The number of carbonyl (C=O) groups excluding carboxylic acids is 2. The highest BCUT2D eigenvalue weighted by molar-refractivity contribution is 7.80. The van der Waals surface area contributed by atoms with Crippen LogP contribution in [0.2, 0.25) is 0 Å². The maximum atomic E-state index is 12.2. The first kappa shape index (κ1) is 20.2. The minimum atomic E-state index is -0.453. The maximum Gasteiger partial charge on any atom is 0.276 e. The van der Waals surface area contributed by atoms with Gasteiger partial charge in [-0.25, -0.2) is 0 Å². The Morgan fingerprint density at radius 2 is 1.67 bits per heavy atom. The van der Waals surface area contributed by atoms with E-state index in [-0.39, 0.29) is 11.7 Å². The number of carbonyl (C=O) groups is 2. The Morgan fingerprint density at radius 3 is 2.33 bits per heavy atom. The fraction of sp³-hybridized carbons (Fsp3) is 0.211. The first-order chi connectivity index (χ1) is 12.9. The fourth-order valence-corrected chi connectivity index (χ4v) is 2.50. The summed E-state index contributed by atoms with van der Waals surface area (Å²) in [6.07, 6.45) is 0. The third kappa shape index (κ3) is 5.68. The van der Waals surface area contributed by atoms with Crippen molar-refractivity contribution in [2.24, 2.45) is 0 Å². The molecule has 0 aliphatic rings. The van der Waals surface area contributed by atoms with Crippen LogP contribution in [0.15, 0.2) is 42.5 Å². The Hall–Kier alpha value is -3.13. The molecule has 0 heterocycles. The van der Waals surface area contributed by atoms with Crippen LogP contribution in [0, 0.1) is 13.8 Å². The molecule has 2 amide bonds. The first-order valence-corrected chi connectivity index (χ1v) is 8.55. The lowest BCUT2D eigenvalue weighted by molar-refractivity contribution is -0.123. The van der Waals surface area contributed by atoms with Crippen molar-refractivity contribution >= 4 is 29.1 Å². The van der Waals surface area contributed by atoms with E-state index >= 15 is 0 Å². The molecule has 0 bridgehead atoms. The second-order valence-electron chi connectivity index (χ2n) is 5.67. The Labute approximate surface area is 163 Å². The number of benzene rings is 2. The van der Waals surface area contributed by atoms with Crippen LogP contribution in [0.25, 0.3) is 0 Å². The van der Waals surface area contributed by atoms with Crippen molar-refractivity contribution in [2.75, 3.05) is 13.7 Å². The van der Waals surface area contributed by atoms with E-state index in [1.165, 1.54) is 7.11 Å². The largest absolute Gasteiger partial charge is 0.496 e. The number of methoxy groups -OCH3 is 1. The van der Waals surface area contributed by atoms with E-state index < -0.39 is 11.8 Å².